The molecule has 2 amide bonds. The van der Waals surface area contributed by atoms with Gasteiger partial charge in [-0.3, -0.25) is 4.79 Å². The van der Waals surface area contributed by atoms with Crippen LogP contribution in [0.2, 0.25) is 0 Å². The third-order valence-corrected chi connectivity index (χ3v) is 6.69. The summed E-state index contributed by atoms with van der Waals surface area (Å²) >= 11 is 0. The zero-order chi connectivity index (χ0) is 28.1. The molecule has 0 saturated carbocycles. The number of carbonyl (C=O) groups excluding carboxylic acids is 3. The highest BCUT2D eigenvalue weighted by atomic mass is 16.6. The third kappa shape index (κ3) is 6.92. The van der Waals surface area contributed by atoms with Crippen LogP contribution in [-0.4, -0.2) is 61.3 Å². The first-order valence-electron chi connectivity index (χ1n) is 13.0. The predicted octanol–water partition coefficient (Wildman–Crippen LogP) is 4.91. The Morgan fingerprint density at radius 1 is 1.00 bits per heavy atom. The monoisotopic (exact) mass is 524 g/mol. The lowest BCUT2D eigenvalue weighted by molar-refractivity contribution is -0.151. The highest BCUT2D eigenvalue weighted by Crippen LogP contribution is 2.40. The molecule has 1 heterocycles. The van der Waals surface area contributed by atoms with E-state index in [9.17, 15) is 14.4 Å². The summed E-state index contributed by atoms with van der Waals surface area (Å²) in [5.41, 5.74) is 1.36. The Morgan fingerprint density at radius 3 is 2.13 bits per heavy atom. The van der Waals surface area contributed by atoms with Crippen LogP contribution >= 0.6 is 0 Å². The van der Waals surface area contributed by atoms with Crippen molar-refractivity contribution in [1.82, 2.24) is 10.2 Å². The molecule has 1 saturated heterocycles. The Labute approximate surface area is 225 Å². The normalized spacial score (nSPS) is 20.2. The van der Waals surface area contributed by atoms with Crippen molar-refractivity contribution < 1.29 is 28.6 Å². The fourth-order valence-electron chi connectivity index (χ4n) is 4.87. The van der Waals surface area contributed by atoms with Gasteiger partial charge in [0.15, 0.2) is 0 Å². The van der Waals surface area contributed by atoms with Gasteiger partial charge in [-0.15, -0.1) is 0 Å². The van der Waals surface area contributed by atoms with Gasteiger partial charge in [-0.25, -0.2) is 9.59 Å². The van der Waals surface area contributed by atoms with Crippen LogP contribution in [0.5, 0.6) is 0 Å². The van der Waals surface area contributed by atoms with Gasteiger partial charge in [0.25, 0.3) is 0 Å². The quantitative estimate of drug-likeness (QED) is 0.493. The molecule has 1 aliphatic rings. The molecule has 38 heavy (non-hydrogen) atoms. The number of nitrogens with one attached hydrogen (secondary N) is 1. The molecular weight excluding hydrogens is 484 g/mol. The first kappa shape index (κ1) is 29.2. The SMILES string of the molecule is COC(=O)[C@@H]1C[C@@](OC)(c2ccc(-c3ccccc3)cc2)CN1C(=O)[C@H](CC(C)C)NC(=O)OC(C)(C)C. The average molecular weight is 525 g/mol. The van der Waals surface area contributed by atoms with E-state index in [0.717, 1.165) is 16.7 Å². The number of likely N-dealkylation sites (tertiary alicyclic amines) is 1. The topological polar surface area (TPSA) is 94.2 Å². The van der Waals surface area contributed by atoms with Crippen molar-refractivity contribution in [2.45, 2.75) is 70.7 Å². The number of carbonyl (C=O) groups is 3. The average Bonchev–Trinajstić information content (AvgIpc) is 3.28. The summed E-state index contributed by atoms with van der Waals surface area (Å²) in [5, 5.41) is 2.72. The number of ether oxygens (including phenoxy) is 3. The lowest BCUT2D eigenvalue weighted by Crippen LogP contribution is -2.53. The smallest absolute Gasteiger partial charge is 0.408 e. The second kappa shape index (κ2) is 12.0. The molecule has 2 aromatic carbocycles. The van der Waals surface area contributed by atoms with Crippen molar-refractivity contribution in [2.24, 2.45) is 5.92 Å². The molecule has 1 N–H and O–H groups in total. The molecule has 8 nitrogen and oxygen atoms in total. The fraction of sp³-hybridized carbons (Fsp3) is 0.500. The Bertz CT molecular complexity index is 1110. The molecule has 1 aliphatic heterocycles. The number of alkyl carbamates (subject to hydrolysis) is 1. The summed E-state index contributed by atoms with van der Waals surface area (Å²) < 4.78 is 16.5. The van der Waals surface area contributed by atoms with Crippen LogP contribution in [0.15, 0.2) is 54.6 Å². The van der Waals surface area contributed by atoms with Crippen LogP contribution in [0, 0.1) is 5.92 Å². The zero-order valence-electron chi connectivity index (χ0n) is 23.4. The standard InChI is InChI=1S/C30H40N2O6/c1-20(2)17-24(31-28(35)38-29(3,4)5)26(33)32-19-30(37-7,18-25(32)27(34)36-6)23-15-13-22(14-16-23)21-11-9-8-10-12-21/h8-16,20,24-25H,17-19H2,1-7H3,(H,31,35)/t24-,25-,30-/m0/s1. The summed E-state index contributed by atoms with van der Waals surface area (Å²) in [6.07, 6.45) is -0.0680. The van der Waals surface area contributed by atoms with Crippen LogP contribution in [0.25, 0.3) is 11.1 Å². The highest BCUT2D eigenvalue weighted by molar-refractivity contribution is 5.90. The molecule has 0 aromatic heterocycles. The number of nitrogens with zero attached hydrogens (tertiary/aromatic N) is 1. The van der Waals surface area contributed by atoms with Gasteiger partial charge in [-0.05, 0) is 49.8 Å². The Hall–Kier alpha value is -3.39. The zero-order valence-corrected chi connectivity index (χ0v) is 23.4. The van der Waals surface area contributed by atoms with Crippen LogP contribution in [0.3, 0.4) is 0 Å². The second-order valence-electron chi connectivity index (χ2n) is 11.2. The maximum absolute atomic E-state index is 13.9. The van der Waals surface area contributed by atoms with Crippen LogP contribution < -0.4 is 5.32 Å². The Balaban J connectivity index is 1.92. The number of hydrogen-bond acceptors (Lipinski definition) is 6. The maximum atomic E-state index is 13.9. The minimum Gasteiger partial charge on any atom is -0.467 e. The van der Waals surface area contributed by atoms with Gasteiger partial charge in [0.1, 0.15) is 23.3 Å². The van der Waals surface area contributed by atoms with Gasteiger partial charge in [0.2, 0.25) is 5.91 Å². The first-order chi connectivity index (χ1) is 17.9. The molecule has 206 valence electrons. The van der Waals surface area contributed by atoms with Crippen LogP contribution in [0.4, 0.5) is 4.79 Å². The van der Waals surface area contributed by atoms with E-state index in [0.29, 0.717) is 6.42 Å². The van der Waals surface area contributed by atoms with Crippen LogP contribution in [0.1, 0.15) is 53.0 Å². The lowest BCUT2D eigenvalue weighted by Gasteiger charge is -2.31. The predicted molar refractivity (Wildman–Crippen MR) is 145 cm³/mol. The first-order valence-corrected chi connectivity index (χ1v) is 13.0. The van der Waals surface area contributed by atoms with Gasteiger partial charge < -0.3 is 24.4 Å². The molecule has 1 fully saturated rings. The van der Waals surface area contributed by atoms with Gasteiger partial charge in [-0.2, -0.15) is 0 Å². The Morgan fingerprint density at radius 2 is 1.61 bits per heavy atom. The van der Waals surface area contributed by atoms with Crippen molar-refractivity contribution in [2.75, 3.05) is 20.8 Å². The number of hydrogen-bond donors (Lipinski definition) is 1. The summed E-state index contributed by atoms with van der Waals surface area (Å²) in [6, 6.07) is 16.2. The molecule has 0 radical (unpaired) electrons. The van der Waals surface area contributed by atoms with E-state index in [1.807, 2.05) is 68.4 Å². The summed E-state index contributed by atoms with van der Waals surface area (Å²) in [4.78, 5) is 40.8. The maximum Gasteiger partial charge on any atom is 0.408 e. The molecule has 2 aromatic rings. The summed E-state index contributed by atoms with van der Waals surface area (Å²) in [5.74, 6) is -0.797. The number of esters is 1. The number of rotatable bonds is 8. The fourth-order valence-corrected chi connectivity index (χ4v) is 4.87. The van der Waals surface area contributed by atoms with Crippen LogP contribution in [-0.2, 0) is 29.4 Å². The third-order valence-electron chi connectivity index (χ3n) is 6.69. The van der Waals surface area contributed by atoms with Gasteiger partial charge in [-0.1, -0.05) is 68.4 Å². The van der Waals surface area contributed by atoms with Crippen molar-refractivity contribution in [1.29, 1.82) is 0 Å². The minimum atomic E-state index is -0.919. The molecule has 3 atom stereocenters. The summed E-state index contributed by atoms with van der Waals surface area (Å²) in [7, 11) is 2.88. The molecule has 0 unspecified atom stereocenters. The largest absolute Gasteiger partial charge is 0.467 e. The van der Waals surface area contributed by atoms with E-state index in [-0.39, 0.29) is 24.8 Å². The molecule has 8 heteroatoms. The van der Waals surface area contributed by atoms with Crippen molar-refractivity contribution >= 4 is 18.0 Å². The van der Waals surface area contributed by atoms with Gasteiger partial charge in [0, 0.05) is 13.5 Å². The van der Waals surface area contributed by atoms with E-state index in [1.54, 1.807) is 27.9 Å². The summed E-state index contributed by atoms with van der Waals surface area (Å²) in [6.45, 7) is 9.34. The van der Waals surface area contributed by atoms with Gasteiger partial charge in [0.05, 0.1) is 13.7 Å². The van der Waals surface area contributed by atoms with Crippen molar-refractivity contribution in [3.8, 4) is 11.1 Å². The van der Waals surface area contributed by atoms with E-state index in [4.69, 9.17) is 14.2 Å². The highest BCUT2D eigenvalue weighted by Gasteiger charge is 2.52. The van der Waals surface area contributed by atoms with E-state index in [1.165, 1.54) is 12.0 Å². The number of amides is 2. The Kier molecular flexibility index (Phi) is 9.20. The number of benzene rings is 2. The van der Waals surface area contributed by atoms with E-state index < -0.39 is 35.3 Å². The number of methoxy groups -OCH3 is 2. The lowest BCUT2D eigenvalue weighted by atomic mass is 9.89. The second-order valence-corrected chi connectivity index (χ2v) is 11.2. The van der Waals surface area contributed by atoms with E-state index in [2.05, 4.69) is 5.32 Å². The molecule has 0 spiro atoms. The molecular formula is C30H40N2O6. The molecule has 3 rings (SSSR count). The molecule has 0 aliphatic carbocycles. The minimum absolute atomic E-state index is 0.107. The molecule has 0 bridgehead atoms. The van der Waals surface area contributed by atoms with Gasteiger partial charge >= 0.3 is 12.1 Å². The van der Waals surface area contributed by atoms with E-state index >= 15 is 0 Å². The van der Waals surface area contributed by atoms with Crippen molar-refractivity contribution in [3.05, 3.63) is 60.2 Å². The van der Waals surface area contributed by atoms with Crippen molar-refractivity contribution in [3.63, 3.8) is 0 Å².